The molecule has 0 radical (unpaired) electrons. The van der Waals surface area contributed by atoms with Crippen LogP contribution in [-0.4, -0.2) is 17.6 Å². The van der Waals surface area contributed by atoms with E-state index in [4.69, 9.17) is 16.1 Å². The number of rotatable bonds is 3. The summed E-state index contributed by atoms with van der Waals surface area (Å²) in [6, 6.07) is 0. The van der Waals surface area contributed by atoms with Crippen molar-refractivity contribution in [3.63, 3.8) is 0 Å². The Morgan fingerprint density at radius 3 is 2.82 bits per heavy atom. The molecule has 0 spiro atoms. The Kier molecular flexibility index (Phi) is 3.77. The minimum atomic E-state index is -1.50. The molecule has 3 atom stereocenters. The number of hydrogen-bond donors (Lipinski definition) is 0. The lowest BCUT2D eigenvalue weighted by Crippen LogP contribution is -2.09. The average molecular weight is 196 g/mol. The van der Waals surface area contributed by atoms with Crippen LogP contribution in [0.25, 0.3) is 0 Å². The minimum Gasteiger partial charge on any atom is -0.146 e. The van der Waals surface area contributed by atoms with Crippen LogP contribution in [0, 0.1) is 0 Å². The molecular formula is C7H13ClO2P+. The summed E-state index contributed by atoms with van der Waals surface area (Å²) in [5.41, 5.74) is 0.103. The quantitative estimate of drug-likeness (QED) is 0.511. The molecule has 0 saturated heterocycles. The third-order valence-electron chi connectivity index (χ3n) is 1.92. The van der Waals surface area contributed by atoms with Gasteiger partial charge in [0.05, 0.1) is 12.0 Å². The van der Waals surface area contributed by atoms with Crippen molar-refractivity contribution < 1.29 is 9.09 Å². The van der Waals surface area contributed by atoms with Crippen molar-refractivity contribution >= 4 is 19.6 Å². The first-order valence-electron chi connectivity index (χ1n) is 3.99. The lowest BCUT2D eigenvalue weighted by Gasteiger charge is -1.99. The molecule has 1 fully saturated rings. The van der Waals surface area contributed by atoms with Gasteiger partial charge in [0.15, 0.2) is 0 Å². The first-order valence-corrected chi connectivity index (χ1v) is 5.67. The molecule has 64 valence electrons. The van der Waals surface area contributed by atoms with E-state index in [1.54, 1.807) is 0 Å². The van der Waals surface area contributed by atoms with Crippen molar-refractivity contribution in [1.82, 2.24) is 0 Å². The summed E-state index contributed by atoms with van der Waals surface area (Å²) in [6.45, 7) is 2.38. The third kappa shape index (κ3) is 2.40. The second-order valence-corrected chi connectivity index (χ2v) is 4.77. The Morgan fingerprint density at radius 1 is 1.64 bits per heavy atom. The molecule has 0 N–H and O–H groups in total. The van der Waals surface area contributed by atoms with Crippen molar-refractivity contribution in [2.75, 3.05) is 6.61 Å². The van der Waals surface area contributed by atoms with Crippen LogP contribution < -0.4 is 0 Å². The molecule has 0 aromatic carbocycles. The van der Waals surface area contributed by atoms with Gasteiger partial charge in [-0.1, -0.05) is 0 Å². The SMILES string of the molecule is CCO[P+](=O)C1CCCC1Cl. The van der Waals surface area contributed by atoms with Crippen molar-refractivity contribution in [3.8, 4) is 0 Å². The zero-order valence-electron chi connectivity index (χ0n) is 6.62. The highest BCUT2D eigenvalue weighted by molar-refractivity contribution is 7.40. The van der Waals surface area contributed by atoms with E-state index in [0.29, 0.717) is 6.61 Å². The van der Waals surface area contributed by atoms with Gasteiger partial charge in [-0.05, 0) is 30.8 Å². The van der Waals surface area contributed by atoms with E-state index >= 15 is 0 Å². The van der Waals surface area contributed by atoms with E-state index < -0.39 is 8.03 Å². The van der Waals surface area contributed by atoms with Crippen molar-refractivity contribution in [2.24, 2.45) is 0 Å². The van der Waals surface area contributed by atoms with E-state index in [0.717, 1.165) is 19.3 Å². The van der Waals surface area contributed by atoms with Gasteiger partial charge in [0.25, 0.3) is 0 Å². The van der Waals surface area contributed by atoms with Gasteiger partial charge in [-0.3, -0.25) is 0 Å². The second-order valence-electron chi connectivity index (χ2n) is 2.72. The molecule has 2 nitrogen and oxygen atoms in total. The number of alkyl halides is 1. The van der Waals surface area contributed by atoms with Gasteiger partial charge < -0.3 is 0 Å². The highest BCUT2D eigenvalue weighted by Gasteiger charge is 2.42. The van der Waals surface area contributed by atoms with Gasteiger partial charge in [-0.25, -0.2) is 0 Å². The maximum atomic E-state index is 11.3. The van der Waals surface area contributed by atoms with E-state index in [-0.39, 0.29) is 11.0 Å². The summed E-state index contributed by atoms with van der Waals surface area (Å²) >= 11 is 5.95. The largest absolute Gasteiger partial charge is 0.512 e. The lowest BCUT2D eigenvalue weighted by molar-refractivity contribution is 0.343. The van der Waals surface area contributed by atoms with Gasteiger partial charge in [-0.2, -0.15) is 0 Å². The van der Waals surface area contributed by atoms with Gasteiger partial charge in [-0.15, -0.1) is 16.1 Å². The van der Waals surface area contributed by atoms with Gasteiger partial charge in [0.1, 0.15) is 0 Å². The molecule has 1 aliphatic rings. The fraction of sp³-hybridized carbons (Fsp3) is 1.00. The Morgan fingerprint density at radius 2 is 2.36 bits per heavy atom. The summed E-state index contributed by atoms with van der Waals surface area (Å²) in [4.78, 5) is 0. The predicted octanol–water partition coefficient (Wildman–Crippen LogP) is 2.93. The lowest BCUT2D eigenvalue weighted by atomic mass is 10.4. The number of hydrogen-bond acceptors (Lipinski definition) is 2. The zero-order chi connectivity index (χ0) is 8.27. The molecule has 0 heterocycles. The highest BCUT2D eigenvalue weighted by Crippen LogP contribution is 2.42. The Bertz CT molecular complexity index is 151. The minimum absolute atomic E-state index is 0.0742. The van der Waals surface area contributed by atoms with Crippen molar-refractivity contribution in [1.29, 1.82) is 0 Å². The molecule has 1 aliphatic carbocycles. The normalized spacial score (nSPS) is 32.4. The summed E-state index contributed by atoms with van der Waals surface area (Å²) in [5.74, 6) is 0. The molecule has 3 unspecified atom stereocenters. The summed E-state index contributed by atoms with van der Waals surface area (Å²) in [6.07, 6.45) is 3.04. The predicted molar refractivity (Wildman–Crippen MR) is 46.5 cm³/mol. The van der Waals surface area contributed by atoms with Crippen molar-refractivity contribution in [3.05, 3.63) is 0 Å². The second kappa shape index (κ2) is 4.39. The van der Waals surface area contributed by atoms with E-state index in [1.165, 1.54) is 0 Å². The van der Waals surface area contributed by atoms with E-state index in [2.05, 4.69) is 0 Å². The summed E-state index contributed by atoms with van der Waals surface area (Å²) in [5, 5.41) is 0.0742. The van der Waals surface area contributed by atoms with Gasteiger partial charge >= 0.3 is 8.03 Å². The molecule has 1 rings (SSSR count). The average Bonchev–Trinajstić information content (AvgIpc) is 2.36. The van der Waals surface area contributed by atoms with Crippen LogP contribution in [0.2, 0.25) is 0 Å². The maximum absolute atomic E-state index is 11.3. The molecule has 1 saturated carbocycles. The first kappa shape index (κ1) is 9.44. The zero-order valence-corrected chi connectivity index (χ0v) is 8.28. The molecule has 0 aromatic heterocycles. The van der Waals surface area contributed by atoms with Crippen LogP contribution in [0.3, 0.4) is 0 Å². The van der Waals surface area contributed by atoms with E-state index in [1.807, 2.05) is 6.92 Å². The van der Waals surface area contributed by atoms with Crippen molar-refractivity contribution in [2.45, 2.75) is 37.2 Å². The van der Waals surface area contributed by atoms with Crippen LogP contribution in [0.1, 0.15) is 26.2 Å². The van der Waals surface area contributed by atoms with Gasteiger partial charge in [0, 0.05) is 0 Å². The first-order chi connectivity index (χ1) is 5.25. The van der Waals surface area contributed by atoms with E-state index in [9.17, 15) is 4.57 Å². The van der Waals surface area contributed by atoms with Crippen LogP contribution in [0.4, 0.5) is 0 Å². The summed E-state index contributed by atoms with van der Waals surface area (Å²) < 4.78 is 16.3. The molecule has 4 heteroatoms. The molecular weight excluding hydrogens is 183 g/mol. The molecule has 11 heavy (non-hydrogen) atoms. The van der Waals surface area contributed by atoms with Gasteiger partial charge in [0.2, 0.25) is 5.66 Å². The molecule has 0 amide bonds. The van der Waals surface area contributed by atoms with Crippen LogP contribution in [-0.2, 0) is 9.09 Å². The standard InChI is InChI=1S/C7H13ClO2P/c1-2-10-11(9)7-5-3-4-6(7)8/h6-7H,2-5H2,1H3/q+1. The van der Waals surface area contributed by atoms with Crippen LogP contribution in [0.5, 0.6) is 0 Å². The Labute approximate surface area is 73.1 Å². The topological polar surface area (TPSA) is 26.3 Å². The fourth-order valence-electron chi connectivity index (χ4n) is 1.36. The van der Waals surface area contributed by atoms with Crippen LogP contribution in [0.15, 0.2) is 0 Å². The maximum Gasteiger partial charge on any atom is 0.512 e. The molecule has 0 aromatic rings. The molecule has 0 bridgehead atoms. The monoisotopic (exact) mass is 195 g/mol. The highest BCUT2D eigenvalue weighted by atomic mass is 35.5. The van der Waals surface area contributed by atoms with Crippen LogP contribution >= 0.6 is 19.6 Å². The fourth-order valence-corrected chi connectivity index (χ4v) is 3.16. The molecule has 0 aliphatic heterocycles. The Balaban J connectivity index is 2.39. The summed E-state index contributed by atoms with van der Waals surface area (Å²) in [7, 11) is -1.50. The smallest absolute Gasteiger partial charge is 0.146 e. The number of halogens is 1. The Hall–Kier alpha value is 0.350. The third-order valence-corrected chi connectivity index (χ3v) is 4.29.